The van der Waals surface area contributed by atoms with Gasteiger partial charge in [-0.1, -0.05) is 13.0 Å². The predicted octanol–water partition coefficient (Wildman–Crippen LogP) is 2.98. The molecule has 19 heavy (non-hydrogen) atoms. The van der Waals surface area contributed by atoms with Crippen molar-refractivity contribution in [2.24, 2.45) is 0 Å². The Morgan fingerprint density at radius 1 is 1.58 bits per heavy atom. The molecule has 0 aliphatic rings. The number of carbonyl (C=O) groups is 1. The summed E-state index contributed by atoms with van der Waals surface area (Å²) < 4.78 is 8.22. The maximum atomic E-state index is 12.0. The van der Waals surface area contributed by atoms with E-state index in [0.29, 0.717) is 25.5 Å². The number of hydrogen-bond donors (Lipinski definition) is 1. The number of carbonyl (C=O) groups excluding carboxylic acids is 1. The fraction of sp³-hybridized carbons (Fsp3) is 0.500. The molecule has 1 aromatic rings. The van der Waals surface area contributed by atoms with E-state index in [0.717, 1.165) is 23.9 Å². The highest BCUT2D eigenvalue weighted by molar-refractivity contribution is 9.10. The SMILES string of the molecule is C=CCCOCCNC(=O)c1cc(Br)cn1CCC. The Balaban J connectivity index is 2.38. The van der Waals surface area contributed by atoms with E-state index in [1.807, 2.05) is 22.9 Å². The van der Waals surface area contributed by atoms with Gasteiger partial charge >= 0.3 is 0 Å². The third kappa shape index (κ3) is 5.61. The van der Waals surface area contributed by atoms with E-state index in [4.69, 9.17) is 4.74 Å². The first-order valence-electron chi connectivity index (χ1n) is 6.51. The number of rotatable bonds is 9. The van der Waals surface area contributed by atoms with Crippen LogP contribution in [0.4, 0.5) is 0 Å². The lowest BCUT2D eigenvalue weighted by Gasteiger charge is -2.08. The average molecular weight is 329 g/mol. The lowest BCUT2D eigenvalue weighted by atomic mass is 10.3. The normalized spacial score (nSPS) is 10.4. The van der Waals surface area contributed by atoms with Gasteiger partial charge in [0.25, 0.3) is 5.91 Å². The van der Waals surface area contributed by atoms with Crippen molar-refractivity contribution >= 4 is 21.8 Å². The van der Waals surface area contributed by atoms with E-state index in [-0.39, 0.29) is 5.91 Å². The van der Waals surface area contributed by atoms with Crippen LogP contribution in [0.1, 0.15) is 30.3 Å². The second-order valence-corrected chi connectivity index (χ2v) is 5.10. The Morgan fingerprint density at radius 2 is 2.37 bits per heavy atom. The number of amides is 1. The van der Waals surface area contributed by atoms with Gasteiger partial charge in [0.15, 0.2) is 0 Å². The fourth-order valence-electron chi connectivity index (χ4n) is 1.69. The molecule has 0 saturated heterocycles. The highest BCUT2D eigenvalue weighted by atomic mass is 79.9. The number of ether oxygens (including phenoxy) is 1. The van der Waals surface area contributed by atoms with Crippen LogP contribution in [0.5, 0.6) is 0 Å². The van der Waals surface area contributed by atoms with Crippen molar-refractivity contribution in [3.05, 3.63) is 35.1 Å². The molecule has 0 fully saturated rings. The van der Waals surface area contributed by atoms with Gasteiger partial charge in [-0.2, -0.15) is 0 Å². The molecule has 0 aliphatic heterocycles. The Hall–Kier alpha value is -1.07. The van der Waals surface area contributed by atoms with Gasteiger partial charge in [-0.25, -0.2) is 0 Å². The van der Waals surface area contributed by atoms with E-state index in [1.54, 1.807) is 0 Å². The van der Waals surface area contributed by atoms with Crippen LogP contribution < -0.4 is 5.32 Å². The zero-order valence-electron chi connectivity index (χ0n) is 11.3. The molecular formula is C14H21BrN2O2. The zero-order valence-corrected chi connectivity index (χ0v) is 12.9. The van der Waals surface area contributed by atoms with Crippen molar-refractivity contribution < 1.29 is 9.53 Å². The van der Waals surface area contributed by atoms with Gasteiger partial charge in [-0.15, -0.1) is 6.58 Å². The molecule has 0 aromatic carbocycles. The van der Waals surface area contributed by atoms with Crippen molar-refractivity contribution in [2.75, 3.05) is 19.8 Å². The number of nitrogens with zero attached hydrogens (tertiary/aromatic N) is 1. The lowest BCUT2D eigenvalue weighted by molar-refractivity contribution is 0.0909. The van der Waals surface area contributed by atoms with Crippen molar-refractivity contribution in [2.45, 2.75) is 26.3 Å². The van der Waals surface area contributed by atoms with Crippen molar-refractivity contribution in [3.8, 4) is 0 Å². The molecule has 1 N–H and O–H groups in total. The molecule has 0 bridgehead atoms. The molecule has 0 radical (unpaired) electrons. The molecule has 0 saturated carbocycles. The van der Waals surface area contributed by atoms with E-state index in [1.165, 1.54) is 0 Å². The second-order valence-electron chi connectivity index (χ2n) is 4.18. The summed E-state index contributed by atoms with van der Waals surface area (Å²) in [6.07, 6.45) is 5.57. The van der Waals surface area contributed by atoms with Gasteiger partial charge in [0.1, 0.15) is 5.69 Å². The topological polar surface area (TPSA) is 43.3 Å². The minimum Gasteiger partial charge on any atom is -0.379 e. The Bertz CT molecular complexity index is 416. The summed E-state index contributed by atoms with van der Waals surface area (Å²) in [6, 6.07) is 1.84. The van der Waals surface area contributed by atoms with Crippen LogP contribution in [-0.4, -0.2) is 30.2 Å². The monoisotopic (exact) mass is 328 g/mol. The van der Waals surface area contributed by atoms with Crippen LogP contribution >= 0.6 is 15.9 Å². The molecule has 1 heterocycles. The number of aromatic nitrogens is 1. The van der Waals surface area contributed by atoms with Crippen LogP contribution in [0.2, 0.25) is 0 Å². The van der Waals surface area contributed by atoms with Crippen LogP contribution in [0.15, 0.2) is 29.4 Å². The highest BCUT2D eigenvalue weighted by Crippen LogP contribution is 2.15. The van der Waals surface area contributed by atoms with Crippen LogP contribution in [-0.2, 0) is 11.3 Å². The fourth-order valence-corrected chi connectivity index (χ4v) is 2.15. The maximum absolute atomic E-state index is 12.0. The third-order valence-electron chi connectivity index (χ3n) is 2.56. The maximum Gasteiger partial charge on any atom is 0.268 e. The molecular weight excluding hydrogens is 308 g/mol. The summed E-state index contributed by atoms with van der Waals surface area (Å²) in [4.78, 5) is 12.0. The van der Waals surface area contributed by atoms with Crippen molar-refractivity contribution in [1.82, 2.24) is 9.88 Å². The van der Waals surface area contributed by atoms with Crippen molar-refractivity contribution in [3.63, 3.8) is 0 Å². The summed E-state index contributed by atoms with van der Waals surface area (Å²) in [6.45, 7) is 8.23. The summed E-state index contributed by atoms with van der Waals surface area (Å²) in [5, 5.41) is 2.86. The second kappa shape index (κ2) is 8.93. The number of aryl methyl sites for hydroxylation is 1. The smallest absolute Gasteiger partial charge is 0.268 e. The van der Waals surface area contributed by atoms with Crippen LogP contribution in [0.25, 0.3) is 0 Å². The van der Waals surface area contributed by atoms with E-state index in [2.05, 4.69) is 34.7 Å². The van der Waals surface area contributed by atoms with Crippen molar-refractivity contribution in [1.29, 1.82) is 0 Å². The molecule has 0 spiro atoms. The zero-order chi connectivity index (χ0) is 14.1. The molecule has 0 aliphatic carbocycles. The minimum absolute atomic E-state index is 0.0635. The first-order valence-corrected chi connectivity index (χ1v) is 7.30. The Kier molecular flexibility index (Phi) is 7.52. The van der Waals surface area contributed by atoms with E-state index in [9.17, 15) is 4.79 Å². The van der Waals surface area contributed by atoms with E-state index < -0.39 is 0 Å². The molecule has 1 rings (SSSR count). The van der Waals surface area contributed by atoms with Gasteiger partial charge in [0, 0.05) is 23.8 Å². The standard InChI is InChI=1S/C14H21BrN2O2/c1-3-5-8-19-9-6-16-14(18)13-10-12(15)11-17(13)7-4-2/h3,10-11H,1,4-9H2,2H3,(H,16,18). The first-order chi connectivity index (χ1) is 9.19. The Morgan fingerprint density at radius 3 is 3.05 bits per heavy atom. The molecule has 0 unspecified atom stereocenters. The quantitative estimate of drug-likeness (QED) is 0.559. The summed E-state index contributed by atoms with van der Waals surface area (Å²) in [5.41, 5.74) is 0.680. The van der Waals surface area contributed by atoms with Gasteiger partial charge < -0.3 is 14.6 Å². The lowest BCUT2D eigenvalue weighted by Crippen LogP contribution is -2.29. The van der Waals surface area contributed by atoms with E-state index >= 15 is 0 Å². The summed E-state index contributed by atoms with van der Waals surface area (Å²) in [5.74, 6) is -0.0635. The molecule has 5 heteroatoms. The van der Waals surface area contributed by atoms with Crippen LogP contribution in [0, 0.1) is 0 Å². The van der Waals surface area contributed by atoms with Crippen LogP contribution in [0.3, 0.4) is 0 Å². The van der Waals surface area contributed by atoms with Gasteiger partial charge in [-0.3, -0.25) is 4.79 Å². The number of halogens is 1. The largest absolute Gasteiger partial charge is 0.379 e. The molecule has 0 atom stereocenters. The molecule has 1 amide bonds. The van der Waals surface area contributed by atoms with Gasteiger partial charge in [-0.05, 0) is 34.8 Å². The molecule has 106 valence electrons. The number of nitrogens with one attached hydrogen (secondary N) is 1. The van der Waals surface area contributed by atoms with Gasteiger partial charge in [0.05, 0.1) is 13.2 Å². The predicted molar refractivity (Wildman–Crippen MR) is 80.4 cm³/mol. The Labute approximate surface area is 123 Å². The summed E-state index contributed by atoms with van der Waals surface area (Å²) in [7, 11) is 0. The molecule has 1 aromatic heterocycles. The summed E-state index contributed by atoms with van der Waals surface area (Å²) >= 11 is 3.40. The average Bonchev–Trinajstić information content (AvgIpc) is 2.75. The minimum atomic E-state index is -0.0635. The van der Waals surface area contributed by atoms with Gasteiger partial charge in [0.2, 0.25) is 0 Å². The third-order valence-corrected chi connectivity index (χ3v) is 2.99. The number of hydrogen-bond acceptors (Lipinski definition) is 2. The highest BCUT2D eigenvalue weighted by Gasteiger charge is 2.11. The first kappa shape index (κ1) is 16.0. The molecule has 4 nitrogen and oxygen atoms in total.